The molecule has 0 heterocycles. The van der Waals surface area contributed by atoms with E-state index >= 15 is 0 Å². The van der Waals surface area contributed by atoms with Crippen LogP contribution in [0.25, 0.3) is 22.3 Å². The van der Waals surface area contributed by atoms with E-state index in [1.807, 2.05) is 91.9 Å². The van der Waals surface area contributed by atoms with Gasteiger partial charge in [-0.25, -0.2) is 8.42 Å². The Bertz CT molecular complexity index is 1590. The second-order valence-corrected chi connectivity index (χ2v) is 10.7. The van der Waals surface area contributed by atoms with E-state index in [4.69, 9.17) is 9.47 Å². The van der Waals surface area contributed by atoms with Gasteiger partial charge in [-0.3, -0.25) is 0 Å². The molecule has 0 unspecified atom stereocenters. The van der Waals surface area contributed by atoms with Gasteiger partial charge >= 0.3 is 0 Å². The lowest BCUT2D eigenvalue weighted by atomic mass is 10.1. The fourth-order valence-electron chi connectivity index (χ4n) is 4.03. The predicted octanol–water partition coefficient (Wildman–Crippen LogP) is 7.96. The molecule has 0 spiro atoms. The Kier molecular flexibility index (Phi) is 6.80. The fourth-order valence-corrected chi connectivity index (χ4v) is 5.29. The molecular formula is C32H26O4S. The third-order valence-electron chi connectivity index (χ3n) is 6.20. The van der Waals surface area contributed by atoms with Crippen molar-refractivity contribution in [1.82, 2.24) is 0 Å². The number of methoxy groups -OCH3 is 1. The molecule has 0 saturated carbocycles. The minimum Gasteiger partial charge on any atom is -0.497 e. The van der Waals surface area contributed by atoms with E-state index in [0.29, 0.717) is 4.90 Å². The molecule has 0 aliphatic heterocycles. The smallest absolute Gasteiger partial charge is 0.206 e. The van der Waals surface area contributed by atoms with E-state index in [-0.39, 0.29) is 4.90 Å². The molecule has 37 heavy (non-hydrogen) atoms. The number of hydrogen-bond donors (Lipinski definition) is 0. The van der Waals surface area contributed by atoms with Crippen molar-refractivity contribution in [2.45, 2.75) is 16.7 Å². The number of sulfone groups is 1. The monoisotopic (exact) mass is 506 g/mol. The summed E-state index contributed by atoms with van der Waals surface area (Å²) >= 11 is 0. The van der Waals surface area contributed by atoms with Crippen molar-refractivity contribution in [1.29, 1.82) is 0 Å². The van der Waals surface area contributed by atoms with Crippen molar-refractivity contribution >= 4 is 9.84 Å². The zero-order valence-corrected chi connectivity index (χ0v) is 21.4. The quantitative estimate of drug-likeness (QED) is 0.225. The van der Waals surface area contributed by atoms with Crippen LogP contribution >= 0.6 is 0 Å². The van der Waals surface area contributed by atoms with Gasteiger partial charge in [0.25, 0.3) is 0 Å². The van der Waals surface area contributed by atoms with E-state index < -0.39 is 9.84 Å². The molecule has 0 saturated heterocycles. The highest BCUT2D eigenvalue weighted by Crippen LogP contribution is 2.30. The zero-order valence-electron chi connectivity index (χ0n) is 20.6. The first kappa shape index (κ1) is 24.3. The normalized spacial score (nSPS) is 11.2. The summed E-state index contributed by atoms with van der Waals surface area (Å²) < 4.78 is 37.1. The number of aryl methyl sites for hydroxylation is 1. The molecule has 0 aliphatic carbocycles. The van der Waals surface area contributed by atoms with Gasteiger partial charge in [-0.15, -0.1) is 0 Å². The Morgan fingerprint density at radius 3 is 1.16 bits per heavy atom. The van der Waals surface area contributed by atoms with E-state index in [0.717, 1.165) is 45.1 Å². The molecule has 5 heteroatoms. The van der Waals surface area contributed by atoms with Crippen molar-refractivity contribution < 1.29 is 17.9 Å². The molecule has 0 aromatic heterocycles. The molecule has 5 rings (SSSR count). The van der Waals surface area contributed by atoms with Crippen molar-refractivity contribution in [3.63, 3.8) is 0 Å². The fraction of sp³-hybridized carbons (Fsp3) is 0.0625. The molecule has 0 radical (unpaired) electrons. The Morgan fingerprint density at radius 2 is 0.784 bits per heavy atom. The van der Waals surface area contributed by atoms with Gasteiger partial charge in [-0.1, -0.05) is 66.2 Å². The van der Waals surface area contributed by atoms with Gasteiger partial charge in [0.1, 0.15) is 17.2 Å². The van der Waals surface area contributed by atoms with Crippen LogP contribution in [-0.4, -0.2) is 15.5 Å². The Hall–Kier alpha value is -4.35. The molecule has 0 amide bonds. The first-order chi connectivity index (χ1) is 17.9. The maximum absolute atomic E-state index is 12.9. The molecule has 5 aromatic carbocycles. The van der Waals surface area contributed by atoms with E-state index in [2.05, 4.69) is 0 Å². The largest absolute Gasteiger partial charge is 0.497 e. The zero-order chi connectivity index (χ0) is 25.8. The molecule has 0 aliphatic rings. The van der Waals surface area contributed by atoms with Crippen LogP contribution in [0.15, 0.2) is 131 Å². The predicted molar refractivity (Wildman–Crippen MR) is 147 cm³/mol. The highest BCUT2D eigenvalue weighted by atomic mass is 32.2. The summed E-state index contributed by atoms with van der Waals surface area (Å²) in [4.78, 5) is 0.572. The molecule has 184 valence electrons. The average Bonchev–Trinajstić information content (AvgIpc) is 2.94. The Balaban J connectivity index is 1.26. The molecule has 5 aromatic rings. The topological polar surface area (TPSA) is 52.6 Å². The number of benzene rings is 5. The van der Waals surface area contributed by atoms with Gasteiger partial charge in [0, 0.05) is 0 Å². The minimum absolute atomic E-state index is 0.276. The van der Waals surface area contributed by atoms with E-state index in [1.165, 1.54) is 0 Å². The Morgan fingerprint density at radius 1 is 0.459 bits per heavy atom. The molecule has 0 fully saturated rings. The summed E-state index contributed by atoms with van der Waals surface area (Å²) in [5, 5.41) is 0. The number of ether oxygens (including phenoxy) is 2. The van der Waals surface area contributed by atoms with Crippen molar-refractivity contribution in [2.24, 2.45) is 0 Å². The summed E-state index contributed by atoms with van der Waals surface area (Å²) in [7, 11) is -1.89. The van der Waals surface area contributed by atoms with Crippen molar-refractivity contribution in [2.75, 3.05) is 7.11 Å². The third kappa shape index (κ3) is 5.42. The summed E-state index contributed by atoms with van der Waals surface area (Å²) in [6, 6.07) is 37.5. The summed E-state index contributed by atoms with van der Waals surface area (Å²) in [5.41, 5.74) is 5.12. The van der Waals surface area contributed by atoms with Gasteiger partial charge in [0.15, 0.2) is 0 Å². The molecule has 0 atom stereocenters. The van der Waals surface area contributed by atoms with Crippen LogP contribution in [0, 0.1) is 6.92 Å². The standard InChI is InChI=1S/C32H26O4S/c1-23-3-19-31(20-4-23)37(33,34)32-21-11-27(12-22-32)26-9-17-30(18-10-26)36-29-15-7-25(8-16-29)24-5-13-28(35-2)14-6-24/h3-22H,1-2H3. The molecule has 0 bridgehead atoms. The van der Waals surface area contributed by atoms with E-state index in [1.54, 1.807) is 43.5 Å². The van der Waals surface area contributed by atoms with Gasteiger partial charge in [0.2, 0.25) is 9.84 Å². The minimum atomic E-state index is -3.55. The maximum atomic E-state index is 12.9. The van der Waals surface area contributed by atoms with Crippen LogP contribution in [0.3, 0.4) is 0 Å². The van der Waals surface area contributed by atoms with Crippen LogP contribution in [0.5, 0.6) is 17.2 Å². The second-order valence-electron chi connectivity index (χ2n) is 8.72. The van der Waals surface area contributed by atoms with Crippen molar-refractivity contribution in [3.8, 4) is 39.5 Å². The van der Waals surface area contributed by atoms with Gasteiger partial charge < -0.3 is 9.47 Å². The van der Waals surface area contributed by atoms with E-state index in [9.17, 15) is 8.42 Å². The molecular weight excluding hydrogens is 480 g/mol. The van der Waals surface area contributed by atoms with Crippen LogP contribution < -0.4 is 9.47 Å². The lowest BCUT2D eigenvalue weighted by Crippen LogP contribution is -2.01. The summed E-state index contributed by atoms with van der Waals surface area (Å²) in [6.07, 6.45) is 0. The molecule has 4 nitrogen and oxygen atoms in total. The van der Waals surface area contributed by atoms with Crippen molar-refractivity contribution in [3.05, 3.63) is 127 Å². The number of hydrogen-bond acceptors (Lipinski definition) is 4. The van der Waals surface area contributed by atoms with Crippen LogP contribution in [0.2, 0.25) is 0 Å². The first-order valence-corrected chi connectivity index (χ1v) is 13.4. The lowest BCUT2D eigenvalue weighted by Gasteiger charge is -2.09. The summed E-state index contributed by atoms with van der Waals surface area (Å²) in [6.45, 7) is 1.93. The maximum Gasteiger partial charge on any atom is 0.206 e. The van der Waals surface area contributed by atoms with Crippen LogP contribution in [-0.2, 0) is 9.84 Å². The lowest BCUT2D eigenvalue weighted by molar-refractivity contribution is 0.415. The third-order valence-corrected chi connectivity index (χ3v) is 7.98. The van der Waals surface area contributed by atoms with Gasteiger partial charge in [0.05, 0.1) is 16.9 Å². The Labute approximate surface area is 217 Å². The van der Waals surface area contributed by atoms with Gasteiger partial charge in [-0.2, -0.15) is 0 Å². The highest BCUT2D eigenvalue weighted by Gasteiger charge is 2.17. The average molecular weight is 507 g/mol. The first-order valence-electron chi connectivity index (χ1n) is 11.9. The second kappa shape index (κ2) is 10.3. The van der Waals surface area contributed by atoms with Gasteiger partial charge in [-0.05, 0) is 89.8 Å². The number of rotatable bonds is 7. The van der Waals surface area contributed by atoms with Crippen LogP contribution in [0.4, 0.5) is 0 Å². The molecule has 0 N–H and O–H groups in total. The highest BCUT2D eigenvalue weighted by molar-refractivity contribution is 7.91. The summed E-state index contributed by atoms with van der Waals surface area (Å²) in [5.74, 6) is 2.30. The van der Waals surface area contributed by atoms with Crippen LogP contribution in [0.1, 0.15) is 5.56 Å². The SMILES string of the molecule is COc1ccc(-c2ccc(Oc3ccc(-c4ccc(S(=O)(=O)c5ccc(C)cc5)cc4)cc3)cc2)cc1.